The molecule has 0 unspecified atom stereocenters. The van der Waals surface area contributed by atoms with Crippen LogP contribution < -0.4 is 10.6 Å². The zero-order valence-corrected chi connectivity index (χ0v) is 14.1. The smallest absolute Gasteiger partial charge is 0.191 e. The lowest BCUT2D eigenvalue weighted by Crippen LogP contribution is -2.37. The van der Waals surface area contributed by atoms with Crippen LogP contribution in [0, 0.1) is 0 Å². The van der Waals surface area contributed by atoms with Crippen molar-refractivity contribution in [3.63, 3.8) is 0 Å². The van der Waals surface area contributed by atoms with Gasteiger partial charge in [-0.1, -0.05) is 42.5 Å². The monoisotopic (exact) mass is 373 g/mol. The Kier molecular flexibility index (Phi) is 11.4. The molecule has 0 aromatic heterocycles. The summed E-state index contributed by atoms with van der Waals surface area (Å²) in [4.78, 5) is 4.55. The van der Waals surface area contributed by atoms with E-state index in [1.165, 1.54) is 5.56 Å². The number of benzene rings is 1. The number of allylic oxidation sites excluding steroid dienone is 1. The summed E-state index contributed by atoms with van der Waals surface area (Å²) < 4.78 is 0. The molecule has 1 rings (SSSR count). The van der Waals surface area contributed by atoms with Crippen molar-refractivity contribution in [1.82, 2.24) is 10.6 Å². The Hall–Kier alpha value is -1.04. The van der Waals surface area contributed by atoms with Crippen LogP contribution in [-0.4, -0.2) is 19.0 Å². The van der Waals surface area contributed by atoms with Gasteiger partial charge in [-0.05, 0) is 25.8 Å². The molecule has 0 saturated carbocycles. The van der Waals surface area contributed by atoms with Crippen LogP contribution in [0.1, 0.15) is 25.8 Å². The van der Waals surface area contributed by atoms with Gasteiger partial charge >= 0.3 is 0 Å². The van der Waals surface area contributed by atoms with Crippen molar-refractivity contribution in [3.8, 4) is 0 Å². The quantitative estimate of drug-likeness (QED) is 0.264. The normalized spacial score (nSPS) is 11.2. The SMILES string of the molecule is CC=CCCNC(=NCc1ccccc1)NCC.I. The Morgan fingerprint density at radius 1 is 1.21 bits per heavy atom. The van der Waals surface area contributed by atoms with Gasteiger partial charge in [-0.3, -0.25) is 0 Å². The molecule has 0 atom stereocenters. The highest BCUT2D eigenvalue weighted by Gasteiger charge is 1.95. The van der Waals surface area contributed by atoms with Gasteiger partial charge in [0.15, 0.2) is 5.96 Å². The lowest BCUT2D eigenvalue weighted by atomic mass is 10.2. The Morgan fingerprint density at radius 3 is 2.58 bits per heavy atom. The first-order chi connectivity index (χ1) is 8.86. The van der Waals surface area contributed by atoms with Crippen LogP contribution in [0.25, 0.3) is 0 Å². The molecule has 0 fully saturated rings. The lowest BCUT2D eigenvalue weighted by Gasteiger charge is -2.10. The van der Waals surface area contributed by atoms with E-state index in [2.05, 4.69) is 46.8 Å². The van der Waals surface area contributed by atoms with Crippen LogP contribution in [0.15, 0.2) is 47.5 Å². The van der Waals surface area contributed by atoms with Crippen LogP contribution in [0.2, 0.25) is 0 Å². The summed E-state index contributed by atoms with van der Waals surface area (Å²) in [6.45, 7) is 6.61. The van der Waals surface area contributed by atoms with Gasteiger partial charge in [0.25, 0.3) is 0 Å². The number of nitrogens with zero attached hydrogens (tertiary/aromatic N) is 1. The van der Waals surface area contributed by atoms with Crippen molar-refractivity contribution < 1.29 is 0 Å². The van der Waals surface area contributed by atoms with Gasteiger partial charge in [-0.2, -0.15) is 0 Å². The molecule has 106 valence electrons. The number of aliphatic imine (C=N–C) groups is 1. The summed E-state index contributed by atoms with van der Waals surface area (Å²) in [5.74, 6) is 0.880. The van der Waals surface area contributed by atoms with Crippen molar-refractivity contribution in [3.05, 3.63) is 48.0 Å². The summed E-state index contributed by atoms with van der Waals surface area (Å²) in [5, 5.41) is 6.56. The Morgan fingerprint density at radius 2 is 1.95 bits per heavy atom. The van der Waals surface area contributed by atoms with Crippen molar-refractivity contribution >= 4 is 29.9 Å². The lowest BCUT2D eigenvalue weighted by molar-refractivity contribution is 0.810. The average Bonchev–Trinajstić information content (AvgIpc) is 2.42. The van der Waals surface area contributed by atoms with E-state index in [0.29, 0.717) is 6.54 Å². The molecule has 1 aromatic carbocycles. The summed E-state index contributed by atoms with van der Waals surface area (Å²) in [7, 11) is 0. The van der Waals surface area contributed by atoms with Gasteiger partial charge in [0, 0.05) is 13.1 Å². The van der Waals surface area contributed by atoms with Crippen molar-refractivity contribution in [1.29, 1.82) is 0 Å². The minimum Gasteiger partial charge on any atom is -0.357 e. The number of halogens is 1. The number of hydrogen-bond donors (Lipinski definition) is 2. The fraction of sp³-hybridized carbons (Fsp3) is 0.400. The average molecular weight is 373 g/mol. The van der Waals surface area contributed by atoms with Gasteiger partial charge < -0.3 is 10.6 Å². The fourth-order valence-electron chi connectivity index (χ4n) is 1.54. The zero-order chi connectivity index (χ0) is 13.1. The molecule has 2 N–H and O–H groups in total. The van der Waals surface area contributed by atoms with E-state index in [9.17, 15) is 0 Å². The molecule has 0 bridgehead atoms. The first-order valence-corrected chi connectivity index (χ1v) is 6.54. The van der Waals surface area contributed by atoms with E-state index in [1.807, 2.05) is 25.1 Å². The van der Waals surface area contributed by atoms with Crippen LogP contribution in [0.4, 0.5) is 0 Å². The van der Waals surface area contributed by atoms with Crippen LogP contribution >= 0.6 is 24.0 Å². The molecule has 0 spiro atoms. The van der Waals surface area contributed by atoms with Gasteiger partial charge in [0.1, 0.15) is 0 Å². The molecule has 4 heteroatoms. The van der Waals surface area contributed by atoms with Gasteiger partial charge in [-0.15, -0.1) is 24.0 Å². The first kappa shape index (κ1) is 18.0. The predicted molar refractivity (Wildman–Crippen MR) is 94.1 cm³/mol. The van der Waals surface area contributed by atoms with Crippen LogP contribution in [0.3, 0.4) is 0 Å². The minimum absolute atomic E-state index is 0. The topological polar surface area (TPSA) is 36.4 Å². The molecule has 0 aliphatic rings. The molecule has 0 radical (unpaired) electrons. The second-order valence-electron chi connectivity index (χ2n) is 3.97. The van der Waals surface area contributed by atoms with Crippen LogP contribution in [-0.2, 0) is 6.54 Å². The molecule has 0 aliphatic heterocycles. The highest BCUT2D eigenvalue weighted by molar-refractivity contribution is 14.0. The van der Waals surface area contributed by atoms with E-state index in [-0.39, 0.29) is 24.0 Å². The Labute approximate surface area is 133 Å². The van der Waals surface area contributed by atoms with Crippen molar-refractivity contribution in [2.24, 2.45) is 4.99 Å². The second kappa shape index (κ2) is 12.0. The molecule has 0 amide bonds. The molecule has 0 saturated heterocycles. The highest BCUT2D eigenvalue weighted by atomic mass is 127. The molecule has 1 aromatic rings. The standard InChI is InChI=1S/C15H23N3.HI/c1-3-5-9-12-17-15(16-4-2)18-13-14-10-7-6-8-11-14;/h3,5-8,10-11H,4,9,12-13H2,1-2H3,(H2,16,17,18);1H. The second-order valence-corrected chi connectivity index (χ2v) is 3.97. The maximum absolute atomic E-state index is 4.55. The van der Waals surface area contributed by atoms with E-state index in [4.69, 9.17) is 0 Å². The summed E-state index contributed by atoms with van der Waals surface area (Å²) in [6, 6.07) is 10.3. The first-order valence-electron chi connectivity index (χ1n) is 6.54. The van der Waals surface area contributed by atoms with Crippen molar-refractivity contribution in [2.75, 3.05) is 13.1 Å². The Bertz CT molecular complexity index is 374. The van der Waals surface area contributed by atoms with E-state index in [1.54, 1.807) is 0 Å². The van der Waals surface area contributed by atoms with Gasteiger partial charge in [0.05, 0.1) is 6.54 Å². The molecular weight excluding hydrogens is 349 g/mol. The summed E-state index contributed by atoms with van der Waals surface area (Å²) in [6.07, 6.45) is 5.23. The minimum atomic E-state index is 0. The van der Waals surface area contributed by atoms with Crippen LogP contribution in [0.5, 0.6) is 0 Å². The number of nitrogens with one attached hydrogen (secondary N) is 2. The highest BCUT2D eigenvalue weighted by Crippen LogP contribution is 1.99. The van der Waals surface area contributed by atoms with Gasteiger partial charge in [0.2, 0.25) is 0 Å². The largest absolute Gasteiger partial charge is 0.357 e. The molecular formula is C15H24IN3. The van der Waals surface area contributed by atoms with Gasteiger partial charge in [-0.25, -0.2) is 4.99 Å². The maximum atomic E-state index is 4.55. The summed E-state index contributed by atoms with van der Waals surface area (Å²) in [5.41, 5.74) is 1.23. The third-order valence-electron chi connectivity index (χ3n) is 2.45. The molecule has 0 aliphatic carbocycles. The zero-order valence-electron chi connectivity index (χ0n) is 11.7. The number of guanidine groups is 1. The maximum Gasteiger partial charge on any atom is 0.191 e. The third-order valence-corrected chi connectivity index (χ3v) is 2.45. The third kappa shape index (κ3) is 8.64. The Balaban J connectivity index is 0.00000324. The van der Waals surface area contributed by atoms with Crippen molar-refractivity contribution in [2.45, 2.75) is 26.8 Å². The van der Waals surface area contributed by atoms with E-state index < -0.39 is 0 Å². The summed E-state index contributed by atoms with van der Waals surface area (Å²) >= 11 is 0. The molecule has 0 heterocycles. The predicted octanol–water partition coefficient (Wildman–Crippen LogP) is 3.33. The number of rotatable bonds is 6. The fourth-order valence-corrected chi connectivity index (χ4v) is 1.54. The molecule has 3 nitrogen and oxygen atoms in total. The molecule has 19 heavy (non-hydrogen) atoms. The number of hydrogen-bond acceptors (Lipinski definition) is 1. The van der Waals surface area contributed by atoms with E-state index in [0.717, 1.165) is 25.5 Å². The van der Waals surface area contributed by atoms with E-state index >= 15 is 0 Å².